The lowest BCUT2D eigenvalue weighted by Crippen LogP contribution is -2.59. The summed E-state index contributed by atoms with van der Waals surface area (Å²) in [6.45, 7) is 1.06. The highest BCUT2D eigenvalue weighted by Gasteiger charge is 2.45. The number of hydrogen-bond donors (Lipinski definition) is 4. The van der Waals surface area contributed by atoms with Gasteiger partial charge in [0.15, 0.2) is 0 Å². The molecular formula is C15H20O7. The van der Waals surface area contributed by atoms with Gasteiger partial charge in [-0.3, -0.25) is 4.79 Å². The van der Waals surface area contributed by atoms with Crippen LogP contribution in [0.3, 0.4) is 0 Å². The molecule has 7 heteroatoms. The Balaban J connectivity index is 2.04. The van der Waals surface area contributed by atoms with Crippen molar-refractivity contribution in [2.45, 2.75) is 43.5 Å². The van der Waals surface area contributed by atoms with Crippen LogP contribution in [0.4, 0.5) is 0 Å². The lowest BCUT2D eigenvalue weighted by Gasteiger charge is -2.39. The molecule has 1 aliphatic rings. The summed E-state index contributed by atoms with van der Waals surface area (Å²) in [5.74, 6) is -1.23. The second-order valence-electron chi connectivity index (χ2n) is 5.27. The number of benzene rings is 1. The molecule has 1 saturated heterocycles. The normalized spacial score (nSPS) is 33.2. The number of rotatable bonds is 4. The van der Waals surface area contributed by atoms with Crippen LogP contribution in [0.5, 0.6) is 0 Å². The number of aliphatic hydroxyl groups excluding tert-OH is 4. The molecule has 1 heterocycles. The van der Waals surface area contributed by atoms with E-state index in [2.05, 4.69) is 0 Å². The van der Waals surface area contributed by atoms with Gasteiger partial charge in [-0.1, -0.05) is 30.3 Å². The van der Waals surface area contributed by atoms with Gasteiger partial charge in [-0.05, 0) is 12.5 Å². The molecule has 7 nitrogen and oxygen atoms in total. The summed E-state index contributed by atoms with van der Waals surface area (Å²) in [6, 6.07) is 8.91. The third kappa shape index (κ3) is 3.45. The minimum Gasteiger partial charge on any atom is -0.432 e. The molecule has 4 N–H and O–H groups in total. The molecule has 0 amide bonds. The highest BCUT2D eigenvalue weighted by Crippen LogP contribution is 2.24. The van der Waals surface area contributed by atoms with E-state index < -0.39 is 49.2 Å². The lowest BCUT2D eigenvalue weighted by molar-refractivity contribution is -0.293. The van der Waals surface area contributed by atoms with Crippen LogP contribution in [0, 0.1) is 0 Å². The summed E-state index contributed by atoms with van der Waals surface area (Å²) in [4.78, 5) is 12.1. The number of aliphatic hydroxyl groups is 4. The Morgan fingerprint density at radius 2 is 1.82 bits per heavy atom. The molecule has 0 unspecified atom stereocenters. The van der Waals surface area contributed by atoms with Crippen LogP contribution in [0.15, 0.2) is 30.3 Å². The van der Waals surface area contributed by atoms with Gasteiger partial charge in [-0.15, -0.1) is 0 Å². The molecule has 0 aromatic heterocycles. The van der Waals surface area contributed by atoms with E-state index in [0.29, 0.717) is 0 Å². The molecule has 0 saturated carbocycles. The Bertz CT molecular complexity index is 490. The smallest absolute Gasteiger partial charge is 0.315 e. The summed E-state index contributed by atoms with van der Waals surface area (Å²) in [6.07, 6.45) is -7.21. The van der Waals surface area contributed by atoms with Crippen LogP contribution in [0.2, 0.25) is 0 Å². The Hall–Kier alpha value is -1.51. The summed E-state index contributed by atoms with van der Waals surface area (Å²) in [7, 11) is 0. The maximum Gasteiger partial charge on any atom is 0.315 e. The summed E-state index contributed by atoms with van der Waals surface area (Å²) >= 11 is 0. The predicted octanol–water partition coefficient (Wildman–Crippen LogP) is -0.867. The second-order valence-corrected chi connectivity index (χ2v) is 5.27. The van der Waals surface area contributed by atoms with Crippen LogP contribution in [-0.2, 0) is 14.3 Å². The minimum atomic E-state index is -1.59. The summed E-state index contributed by atoms with van der Waals surface area (Å²) < 4.78 is 10.2. The highest BCUT2D eigenvalue weighted by molar-refractivity contribution is 5.77. The van der Waals surface area contributed by atoms with Crippen LogP contribution in [0.1, 0.15) is 18.4 Å². The molecule has 0 spiro atoms. The van der Waals surface area contributed by atoms with Gasteiger partial charge in [0.05, 0.1) is 12.5 Å². The van der Waals surface area contributed by atoms with E-state index >= 15 is 0 Å². The van der Waals surface area contributed by atoms with Crippen LogP contribution in [0.25, 0.3) is 0 Å². The molecule has 1 aromatic rings. The SMILES string of the molecule is C[C@@H](C(=O)O[C@@H]1O[C@H](CO)[C@@H](O)[C@H](O)[C@H]1O)c1ccccc1. The zero-order valence-electron chi connectivity index (χ0n) is 12.1. The van der Waals surface area contributed by atoms with Gasteiger partial charge in [0.25, 0.3) is 0 Å². The van der Waals surface area contributed by atoms with E-state index in [4.69, 9.17) is 14.6 Å². The van der Waals surface area contributed by atoms with Crippen molar-refractivity contribution in [2.24, 2.45) is 0 Å². The van der Waals surface area contributed by atoms with Crippen LogP contribution in [-0.4, -0.2) is 63.7 Å². The molecule has 0 aliphatic carbocycles. The zero-order chi connectivity index (χ0) is 16.3. The van der Waals surface area contributed by atoms with Gasteiger partial charge >= 0.3 is 5.97 Å². The predicted molar refractivity (Wildman–Crippen MR) is 74.7 cm³/mol. The number of carbonyl (C=O) groups excluding carboxylic acids is 1. The number of hydrogen-bond acceptors (Lipinski definition) is 7. The Morgan fingerprint density at radius 1 is 1.18 bits per heavy atom. The first kappa shape index (κ1) is 16.9. The van der Waals surface area contributed by atoms with Crippen LogP contribution < -0.4 is 0 Å². The molecule has 6 atom stereocenters. The topological polar surface area (TPSA) is 116 Å². The highest BCUT2D eigenvalue weighted by atomic mass is 16.7. The van der Waals surface area contributed by atoms with Crippen molar-refractivity contribution >= 4 is 5.97 Å². The molecule has 1 fully saturated rings. The Kier molecular flexibility index (Phi) is 5.49. The minimum absolute atomic E-state index is 0.576. The van der Waals surface area contributed by atoms with E-state index in [1.165, 1.54) is 0 Å². The van der Waals surface area contributed by atoms with Crippen LogP contribution >= 0.6 is 0 Å². The van der Waals surface area contributed by atoms with E-state index in [9.17, 15) is 20.1 Å². The van der Waals surface area contributed by atoms with Crippen molar-refractivity contribution in [3.8, 4) is 0 Å². The fourth-order valence-electron chi connectivity index (χ4n) is 2.26. The van der Waals surface area contributed by atoms with Gasteiger partial charge in [0.2, 0.25) is 6.29 Å². The molecular weight excluding hydrogens is 292 g/mol. The molecule has 1 aromatic carbocycles. The fraction of sp³-hybridized carbons (Fsp3) is 0.533. The van der Waals surface area contributed by atoms with Crippen molar-refractivity contribution in [3.63, 3.8) is 0 Å². The largest absolute Gasteiger partial charge is 0.432 e. The van der Waals surface area contributed by atoms with Gasteiger partial charge in [0.1, 0.15) is 24.4 Å². The van der Waals surface area contributed by atoms with Crippen molar-refractivity contribution in [1.82, 2.24) is 0 Å². The number of ether oxygens (including phenoxy) is 2. The fourth-order valence-corrected chi connectivity index (χ4v) is 2.26. The molecule has 1 aliphatic heterocycles. The van der Waals surface area contributed by atoms with Gasteiger partial charge in [-0.2, -0.15) is 0 Å². The van der Waals surface area contributed by atoms with Crippen molar-refractivity contribution < 1.29 is 34.7 Å². The van der Waals surface area contributed by atoms with Gasteiger partial charge < -0.3 is 29.9 Å². The van der Waals surface area contributed by atoms with Crippen molar-refractivity contribution in [1.29, 1.82) is 0 Å². The average Bonchev–Trinajstić information content (AvgIpc) is 2.55. The lowest BCUT2D eigenvalue weighted by atomic mass is 9.99. The van der Waals surface area contributed by atoms with Crippen molar-refractivity contribution in [2.75, 3.05) is 6.61 Å². The maximum atomic E-state index is 12.1. The maximum absolute atomic E-state index is 12.1. The first-order chi connectivity index (χ1) is 10.5. The van der Waals surface area contributed by atoms with E-state index in [-0.39, 0.29) is 0 Å². The Morgan fingerprint density at radius 3 is 2.41 bits per heavy atom. The first-order valence-electron chi connectivity index (χ1n) is 7.01. The van der Waals surface area contributed by atoms with E-state index in [0.717, 1.165) is 5.56 Å². The van der Waals surface area contributed by atoms with Gasteiger partial charge in [0, 0.05) is 0 Å². The third-order valence-electron chi connectivity index (χ3n) is 3.73. The summed E-state index contributed by atoms with van der Waals surface area (Å²) in [5, 5.41) is 38.2. The monoisotopic (exact) mass is 312 g/mol. The number of esters is 1. The molecule has 22 heavy (non-hydrogen) atoms. The standard InChI is InChI=1S/C15H20O7/c1-8(9-5-3-2-4-6-9)14(20)22-15-13(19)12(18)11(17)10(7-16)21-15/h2-6,8,10-13,15-19H,7H2,1H3/t8-,10-,11-,12+,13-,15+/m1/s1. The first-order valence-corrected chi connectivity index (χ1v) is 7.01. The molecule has 2 rings (SSSR count). The van der Waals surface area contributed by atoms with E-state index in [1.54, 1.807) is 31.2 Å². The van der Waals surface area contributed by atoms with E-state index in [1.807, 2.05) is 6.07 Å². The number of carbonyl (C=O) groups is 1. The van der Waals surface area contributed by atoms with Crippen molar-refractivity contribution in [3.05, 3.63) is 35.9 Å². The third-order valence-corrected chi connectivity index (χ3v) is 3.73. The quantitative estimate of drug-likeness (QED) is 0.534. The molecule has 0 radical (unpaired) electrons. The van der Waals surface area contributed by atoms with Gasteiger partial charge in [-0.25, -0.2) is 0 Å². The molecule has 122 valence electrons. The summed E-state index contributed by atoms with van der Waals surface area (Å²) in [5.41, 5.74) is 0.733. The molecule has 0 bridgehead atoms. The zero-order valence-corrected chi connectivity index (χ0v) is 12.1. The average molecular weight is 312 g/mol. The Labute approximate surface area is 127 Å². The second kappa shape index (κ2) is 7.17.